The van der Waals surface area contributed by atoms with Crippen LogP contribution in [0.5, 0.6) is 5.75 Å². The van der Waals surface area contributed by atoms with Crippen LogP contribution >= 0.6 is 0 Å². The van der Waals surface area contributed by atoms with E-state index in [2.05, 4.69) is 4.18 Å². The Balaban J connectivity index is 2.19. The molecule has 0 heterocycles. The maximum Gasteiger partial charge on any atom is 0.416 e. The van der Waals surface area contributed by atoms with Gasteiger partial charge in [-0.25, -0.2) is 4.39 Å². The second-order valence-electron chi connectivity index (χ2n) is 5.46. The summed E-state index contributed by atoms with van der Waals surface area (Å²) >= 11 is 0. The fourth-order valence-electron chi connectivity index (χ4n) is 2.21. The lowest BCUT2D eigenvalue weighted by molar-refractivity contribution is -0.137. The molecule has 1 unspecified atom stereocenters. The smallest absolute Gasteiger partial charge is 0.416 e. The van der Waals surface area contributed by atoms with E-state index in [1.165, 1.54) is 18.2 Å². The fraction of sp³-hybridized carbons (Fsp3) is 0.294. The highest BCUT2D eigenvalue weighted by Crippen LogP contribution is 2.32. The predicted octanol–water partition coefficient (Wildman–Crippen LogP) is 4.33. The third-order valence-electron chi connectivity index (χ3n) is 3.39. The molecule has 0 amide bonds. The van der Waals surface area contributed by atoms with Crippen molar-refractivity contribution in [3.63, 3.8) is 0 Å². The second kappa shape index (κ2) is 8.05. The van der Waals surface area contributed by atoms with Crippen molar-refractivity contribution in [2.75, 3.05) is 12.9 Å². The summed E-state index contributed by atoms with van der Waals surface area (Å²) in [4.78, 5) is 0. The molecule has 0 spiro atoms. The average Bonchev–Trinajstić information content (AvgIpc) is 2.53. The van der Waals surface area contributed by atoms with E-state index >= 15 is 0 Å². The Morgan fingerprint density at radius 3 is 2.19 bits per heavy atom. The largest absolute Gasteiger partial charge is 0.486 e. The minimum Gasteiger partial charge on any atom is -0.486 e. The van der Waals surface area contributed by atoms with Crippen LogP contribution in [0.1, 0.15) is 23.7 Å². The molecule has 0 aliphatic heterocycles. The Morgan fingerprint density at radius 1 is 1.04 bits per heavy atom. The highest BCUT2D eigenvalue weighted by atomic mass is 32.2. The van der Waals surface area contributed by atoms with Crippen molar-refractivity contribution >= 4 is 10.1 Å². The van der Waals surface area contributed by atoms with E-state index in [1.54, 1.807) is 6.07 Å². The topological polar surface area (TPSA) is 52.6 Å². The van der Waals surface area contributed by atoms with Gasteiger partial charge >= 0.3 is 6.18 Å². The molecule has 0 aliphatic rings. The highest BCUT2D eigenvalue weighted by molar-refractivity contribution is 7.85. The molecule has 142 valence electrons. The van der Waals surface area contributed by atoms with Crippen LogP contribution in [-0.2, 0) is 20.5 Å². The first kappa shape index (κ1) is 20.2. The molecule has 2 aromatic carbocycles. The Hall–Kier alpha value is -2.13. The summed E-state index contributed by atoms with van der Waals surface area (Å²) in [6, 6.07) is 9.63. The third-order valence-corrected chi connectivity index (χ3v) is 3.98. The van der Waals surface area contributed by atoms with Crippen LogP contribution in [-0.4, -0.2) is 21.3 Å². The van der Waals surface area contributed by atoms with Gasteiger partial charge in [-0.2, -0.15) is 21.6 Å². The summed E-state index contributed by atoms with van der Waals surface area (Å²) in [6.07, 6.45) is -4.56. The number of alkyl halides is 3. The number of hydrogen-bond donors (Lipinski definition) is 0. The lowest BCUT2D eigenvalue weighted by Crippen LogP contribution is -2.14. The molecule has 1 atom stereocenters. The molecule has 0 aromatic heterocycles. The van der Waals surface area contributed by atoms with Crippen molar-refractivity contribution < 1.29 is 34.9 Å². The van der Waals surface area contributed by atoms with Gasteiger partial charge in [-0.3, -0.25) is 4.18 Å². The number of ether oxygens (including phenoxy) is 1. The van der Waals surface area contributed by atoms with E-state index in [1.807, 2.05) is 0 Å². The Bertz CT molecular complexity index is 833. The first-order valence-corrected chi connectivity index (χ1v) is 9.30. The van der Waals surface area contributed by atoms with Gasteiger partial charge in [-0.1, -0.05) is 18.2 Å². The van der Waals surface area contributed by atoms with Crippen LogP contribution in [0.15, 0.2) is 48.5 Å². The number of hydrogen-bond acceptors (Lipinski definition) is 4. The van der Waals surface area contributed by atoms with Crippen molar-refractivity contribution in [2.24, 2.45) is 0 Å². The van der Waals surface area contributed by atoms with E-state index in [4.69, 9.17) is 4.74 Å². The van der Waals surface area contributed by atoms with Crippen molar-refractivity contribution in [1.82, 2.24) is 0 Å². The minimum absolute atomic E-state index is 0.0188. The van der Waals surface area contributed by atoms with Gasteiger partial charge in [0.05, 0.1) is 18.4 Å². The van der Waals surface area contributed by atoms with Crippen LogP contribution in [0.4, 0.5) is 17.6 Å². The first-order valence-electron chi connectivity index (χ1n) is 7.49. The number of halogens is 4. The van der Waals surface area contributed by atoms with E-state index in [0.717, 1.165) is 30.5 Å². The highest BCUT2D eigenvalue weighted by Gasteiger charge is 2.30. The third kappa shape index (κ3) is 5.99. The van der Waals surface area contributed by atoms with Gasteiger partial charge in [-0.15, -0.1) is 0 Å². The van der Waals surface area contributed by atoms with Crippen LogP contribution in [0.25, 0.3) is 0 Å². The number of rotatable bonds is 7. The molecule has 0 aliphatic carbocycles. The van der Waals surface area contributed by atoms with E-state index < -0.39 is 33.8 Å². The molecule has 26 heavy (non-hydrogen) atoms. The molecule has 2 aromatic rings. The normalized spacial score (nSPS) is 13.4. The standard InChI is InChI=1S/C17H16F4O4S/c1-26(22,23)24-11-10-16(14-4-2-3-5-15(14)18)25-13-8-6-12(7-9-13)17(19,20)21/h2-9,16H,10-11H2,1H3. The van der Waals surface area contributed by atoms with Gasteiger partial charge < -0.3 is 4.74 Å². The first-order chi connectivity index (χ1) is 12.1. The molecule has 9 heteroatoms. The SMILES string of the molecule is CS(=O)(=O)OCCC(Oc1ccc(C(F)(F)F)cc1)c1ccccc1F. The molecule has 0 fully saturated rings. The van der Waals surface area contributed by atoms with Crippen LogP contribution in [0.3, 0.4) is 0 Å². The maximum atomic E-state index is 14.0. The van der Waals surface area contributed by atoms with Crippen LogP contribution in [0, 0.1) is 5.82 Å². The van der Waals surface area contributed by atoms with Crippen molar-refractivity contribution in [1.29, 1.82) is 0 Å². The second-order valence-corrected chi connectivity index (χ2v) is 7.11. The zero-order valence-corrected chi connectivity index (χ0v) is 14.5. The minimum atomic E-state index is -4.48. The zero-order valence-electron chi connectivity index (χ0n) is 13.7. The molecule has 0 N–H and O–H groups in total. The van der Waals surface area contributed by atoms with Gasteiger partial charge in [0, 0.05) is 12.0 Å². The Kier molecular flexibility index (Phi) is 6.25. The van der Waals surface area contributed by atoms with Crippen LogP contribution < -0.4 is 4.74 Å². The van der Waals surface area contributed by atoms with E-state index in [9.17, 15) is 26.0 Å². The lowest BCUT2D eigenvalue weighted by atomic mass is 10.1. The molecule has 2 rings (SSSR count). The summed E-state index contributed by atoms with van der Waals surface area (Å²) in [6.45, 7) is -0.265. The maximum absolute atomic E-state index is 14.0. The zero-order chi connectivity index (χ0) is 19.4. The molecule has 0 saturated carbocycles. The molecule has 0 bridgehead atoms. The molecular weight excluding hydrogens is 376 g/mol. The monoisotopic (exact) mass is 392 g/mol. The number of benzene rings is 2. The van der Waals surface area contributed by atoms with E-state index in [0.29, 0.717) is 0 Å². The van der Waals surface area contributed by atoms with Gasteiger partial charge in [-0.05, 0) is 30.3 Å². The summed E-state index contributed by atoms with van der Waals surface area (Å²) < 4.78 is 84.2. The lowest BCUT2D eigenvalue weighted by Gasteiger charge is -2.20. The van der Waals surface area contributed by atoms with Gasteiger partial charge in [0.1, 0.15) is 17.7 Å². The van der Waals surface area contributed by atoms with Crippen molar-refractivity contribution in [3.05, 3.63) is 65.5 Å². The Morgan fingerprint density at radius 2 is 1.65 bits per heavy atom. The molecular formula is C17H16F4O4S. The predicted molar refractivity (Wildman–Crippen MR) is 86.6 cm³/mol. The summed E-state index contributed by atoms with van der Waals surface area (Å²) in [5.41, 5.74) is -0.697. The summed E-state index contributed by atoms with van der Waals surface area (Å²) in [5.74, 6) is -0.491. The summed E-state index contributed by atoms with van der Waals surface area (Å²) in [7, 11) is -3.68. The fourth-order valence-corrected chi connectivity index (χ4v) is 2.61. The molecule has 4 nitrogen and oxygen atoms in total. The van der Waals surface area contributed by atoms with E-state index in [-0.39, 0.29) is 24.3 Å². The molecule has 0 radical (unpaired) electrons. The van der Waals surface area contributed by atoms with Crippen LogP contribution in [0.2, 0.25) is 0 Å². The Labute approximate surface area is 148 Å². The van der Waals surface area contributed by atoms with Crippen molar-refractivity contribution in [3.8, 4) is 5.75 Å². The molecule has 0 saturated heterocycles. The van der Waals surface area contributed by atoms with Crippen molar-refractivity contribution in [2.45, 2.75) is 18.7 Å². The quantitative estimate of drug-likeness (QED) is 0.520. The van der Waals surface area contributed by atoms with Gasteiger partial charge in [0.2, 0.25) is 0 Å². The average molecular weight is 392 g/mol. The van der Waals surface area contributed by atoms with Gasteiger partial charge in [0.15, 0.2) is 0 Å². The summed E-state index contributed by atoms with van der Waals surface area (Å²) in [5, 5.41) is 0. The van der Waals surface area contributed by atoms with Gasteiger partial charge in [0.25, 0.3) is 10.1 Å².